The molecule has 0 unspecified atom stereocenters. The van der Waals surface area contributed by atoms with E-state index in [1.54, 1.807) is 24.3 Å². The van der Waals surface area contributed by atoms with Crippen LogP contribution >= 0.6 is 11.3 Å². The summed E-state index contributed by atoms with van der Waals surface area (Å²) in [5, 5.41) is 10.7. The lowest BCUT2D eigenvalue weighted by Gasteiger charge is -2.09. The number of para-hydroxylation sites is 1. The Labute approximate surface area is 129 Å². The minimum atomic E-state index is -0.568. The van der Waals surface area contributed by atoms with Crippen LogP contribution in [0.15, 0.2) is 34.8 Å². The van der Waals surface area contributed by atoms with Crippen LogP contribution in [0.3, 0.4) is 0 Å². The normalized spacial score (nSPS) is 11.1. The van der Waals surface area contributed by atoms with Crippen molar-refractivity contribution in [1.82, 2.24) is 4.98 Å². The molecule has 0 radical (unpaired) electrons. The van der Waals surface area contributed by atoms with Crippen molar-refractivity contribution in [2.24, 2.45) is 4.99 Å². The van der Waals surface area contributed by atoms with Gasteiger partial charge in [-0.3, -0.25) is 14.9 Å². The van der Waals surface area contributed by atoms with Crippen molar-refractivity contribution in [2.45, 2.75) is 6.92 Å². The van der Waals surface area contributed by atoms with Crippen LogP contribution in [0.5, 0.6) is 5.75 Å². The number of methoxy groups -OCH3 is 1. The summed E-state index contributed by atoms with van der Waals surface area (Å²) in [7, 11) is 1.36. The zero-order chi connectivity index (χ0) is 16.1. The standard InChI is InChI=1S/C13H11N3O5S/c1-8(17)21-10-6-4-3-5-9(10)12(20-2)15-11-13(16(18)19)22-7-14-11/h3-7H,1-2H3/b15-12-. The minimum absolute atomic E-state index is 0.0610. The van der Waals surface area contributed by atoms with E-state index in [4.69, 9.17) is 9.47 Å². The Bertz CT molecular complexity index is 741. The van der Waals surface area contributed by atoms with Crippen LogP contribution in [0.25, 0.3) is 0 Å². The third-order valence-corrected chi connectivity index (χ3v) is 3.23. The number of hydrogen-bond acceptors (Lipinski definition) is 8. The van der Waals surface area contributed by atoms with E-state index < -0.39 is 10.9 Å². The first-order chi connectivity index (χ1) is 10.5. The Morgan fingerprint density at radius 3 is 2.77 bits per heavy atom. The number of thiazole rings is 1. The summed E-state index contributed by atoms with van der Waals surface area (Å²) in [6, 6.07) is 6.58. The van der Waals surface area contributed by atoms with Crippen molar-refractivity contribution in [3.05, 3.63) is 45.5 Å². The van der Waals surface area contributed by atoms with Crippen molar-refractivity contribution in [3.63, 3.8) is 0 Å². The molecule has 0 spiro atoms. The first kappa shape index (κ1) is 15.6. The molecule has 0 atom stereocenters. The van der Waals surface area contributed by atoms with Gasteiger partial charge in [-0.2, -0.15) is 4.99 Å². The second-order valence-corrected chi connectivity index (χ2v) is 4.78. The number of aromatic nitrogens is 1. The van der Waals surface area contributed by atoms with Crippen molar-refractivity contribution >= 4 is 34.0 Å². The molecule has 1 aromatic carbocycles. The molecule has 22 heavy (non-hydrogen) atoms. The maximum absolute atomic E-state index is 11.1. The minimum Gasteiger partial charge on any atom is -0.480 e. The molecule has 0 aliphatic rings. The van der Waals surface area contributed by atoms with Crippen LogP contribution in [0.1, 0.15) is 12.5 Å². The summed E-state index contributed by atoms with van der Waals surface area (Å²) in [5.74, 6) is -0.258. The molecule has 0 bridgehead atoms. The third kappa shape index (κ3) is 3.44. The maximum Gasteiger partial charge on any atom is 0.370 e. The van der Waals surface area contributed by atoms with Crippen molar-refractivity contribution < 1.29 is 19.2 Å². The molecule has 1 heterocycles. The van der Waals surface area contributed by atoms with E-state index in [2.05, 4.69) is 9.98 Å². The van der Waals surface area contributed by atoms with Gasteiger partial charge in [0.1, 0.15) is 5.75 Å². The molecule has 9 heteroatoms. The second kappa shape index (κ2) is 6.76. The number of carbonyl (C=O) groups is 1. The number of hydrogen-bond donors (Lipinski definition) is 0. The molecule has 0 saturated carbocycles. The highest BCUT2D eigenvalue weighted by Gasteiger charge is 2.20. The molecule has 0 N–H and O–H groups in total. The quantitative estimate of drug-likeness (QED) is 0.214. The molecule has 8 nitrogen and oxygen atoms in total. The van der Waals surface area contributed by atoms with Gasteiger partial charge < -0.3 is 9.47 Å². The molecule has 0 saturated heterocycles. The Hall–Kier alpha value is -2.81. The second-order valence-electron chi connectivity index (χ2n) is 3.95. The lowest BCUT2D eigenvalue weighted by molar-refractivity contribution is -0.379. The van der Waals surface area contributed by atoms with Gasteiger partial charge in [-0.05, 0) is 23.5 Å². The number of carbonyl (C=O) groups excluding carboxylic acids is 1. The average molecular weight is 321 g/mol. The number of benzene rings is 1. The highest BCUT2D eigenvalue weighted by atomic mass is 32.1. The van der Waals surface area contributed by atoms with Crippen LogP contribution in [-0.2, 0) is 9.53 Å². The Morgan fingerprint density at radius 2 is 2.14 bits per heavy atom. The van der Waals surface area contributed by atoms with Gasteiger partial charge in [0.15, 0.2) is 0 Å². The highest BCUT2D eigenvalue weighted by Crippen LogP contribution is 2.31. The van der Waals surface area contributed by atoms with Crippen LogP contribution in [0.2, 0.25) is 0 Å². The van der Waals surface area contributed by atoms with Gasteiger partial charge in [-0.1, -0.05) is 12.1 Å². The molecule has 2 rings (SSSR count). The first-order valence-electron chi connectivity index (χ1n) is 6.01. The number of rotatable bonds is 4. The monoisotopic (exact) mass is 321 g/mol. The molecule has 0 aliphatic heterocycles. The maximum atomic E-state index is 11.1. The molecular formula is C13H11N3O5S. The van der Waals surface area contributed by atoms with Gasteiger partial charge in [-0.15, -0.1) is 0 Å². The Kier molecular flexibility index (Phi) is 4.79. The summed E-state index contributed by atoms with van der Waals surface area (Å²) in [6.45, 7) is 1.27. The van der Waals surface area contributed by atoms with E-state index >= 15 is 0 Å². The van der Waals surface area contributed by atoms with Crippen LogP contribution in [-0.4, -0.2) is 28.9 Å². The lowest BCUT2D eigenvalue weighted by atomic mass is 10.2. The largest absolute Gasteiger partial charge is 0.480 e. The average Bonchev–Trinajstić information content (AvgIpc) is 2.93. The summed E-state index contributed by atoms with van der Waals surface area (Å²) in [5.41, 5.74) is 1.71. The van der Waals surface area contributed by atoms with E-state index in [9.17, 15) is 14.9 Å². The zero-order valence-electron chi connectivity index (χ0n) is 11.7. The van der Waals surface area contributed by atoms with Gasteiger partial charge in [0, 0.05) is 6.92 Å². The SMILES string of the molecule is CO/C(=N\c1ncsc1[N+](=O)[O-])c1ccccc1OC(C)=O. The van der Waals surface area contributed by atoms with Crippen LogP contribution in [0, 0.1) is 10.1 Å². The number of nitrogens with zero attached hydrogens (tertiary/aromatic N) is 3. The first-order valence-corrected chi connectivity index (χ1v) is 6.89. The molecule has 1 aromatic heterocycles. The predicted molar refractivity (Wildman–Crippen MR) is 79.7 cm³/mol. The number of nitro groups is 1. The van der Waals surface area contributed by atoms with Crippen molar-refractivity contribution in [3.8, 4) is 5.75 Å². The zero-order valence-corrected chi connectivity index (χ0v) is 12.5. The Balaban J connectivity index is 2.48. The van der Waals surface area contributed by atoms with E-state index in [0.717, 1.165) is 11.3 Å². The fourth-order valence-electron chi connectivity index (χ4n) is 1.63. The van der Waals surface area contributed by atoms with E-state index in [0.29, 0.717) is 5.56 Å². The van der Waals surface area contributed by atoms with Crippen molar-refractivity contribution in [1.29, 1.82) is 0 Å². The van der Waals surface area contributed by atoms with Crippen LogP contribution < -0.4 is 4.74 Å². The predicted octanol–water partition coefficient (Wildman–Crippen LogP) is 2.70. The number of ether oxygens (including phenoxy) is 2. The van der Waals surface area contributed by atoms with E-state index in [-0.39, 0.29) is 22.5 Å². The Morgan fingerprint density at radius 1 is 1.41 bits per heavy atom. The molecule has 114 valence electrons. The third-order valence-electron chi connectivity index (χ3n) is 2.47. The topological polar surface area (TPSA) is 104 Å². The summed E-state index contributed by atoms with van der Waals surface area (Å²) < 4.78 is 10.2. The molecule has 0 aliphatic carbocycles. The summed E-state index contributed by atoms with van der Waals surface area (Å²) in [6.07, 6.45) is 0. The van der Waals surface area contributed by atoms with Gasteiger partial charge in [0.2, 0.25) is 11.7 Å². The smallest absolute Gasteiger partial charge is 0.370 e. The van der Waals surface area contributed by atoms with Crippen LogP contribution in [0.4, 0.5) is 10.8 Å². The van der Waals surface area contributed by atoms with Gasteiger partial charge >= 0.3 is 11.0 Å². The summed E-state index contributed by atoms with van der Waals surface area (Å²) >= 11 is 0.862. The lowest BCUT2D eigenvalue weighted by Crippen LogP contribution is -2.09. The van der Waals surface area contributed by atoms with E-state index in [1.807, 2.05) is 0 Å². The fourth-order valence-corrected chi connectivity index (χ4v) is 2.18. The summed E-state index contributed by atoms with van der Waals surface area (Å²) in [4.78, 5) is 29.4. The molecule has 0 amide bonds. The van der Waals surface area contributed by atoms with Gasteiger partial charge in [0.25, 0.3) is 0 Å². The van der Waals surface area contributed by atoms with Gasteiger partial charge in [-0.25, -0.2) is 4.98 Å². The molecule has 2 aromatic rings. The highest BCUT2D eigenvalue weighted by molar-refractivity contribution is 7.13. The van der Waals surface area contributed by atoms with Crippen molar-refractivity contribution in [2.75, 3.05) is 7.11 Å². The fraction of sp³-hybridized carbons (Fsp3) is 0.154. The molecular weight excluding hydrogens is 310 g/mol. The molecule has 0 fully saturated rings. The number of esters is 1. The van der Waals surface area contributed by atoms with E-state index in [1.165, 1.54) is 19.5 Å². The number of aliphatic imine (C=N–C) groups is 1. The van der Waals surface area contributed by atoms with Gasteiger partial charge in [0.05, 0.1) is 23.1 Å².